The normalized spacial score (nSPS) is 11.6. The molecule has 2 aliphatic heterocycles. The molecule has 0 amide bonds. The molecular weight excluding hydrogens is 615 g/mol. The number of pyridine rings is 1. The summed E-state index contributed by atoms with van der Waals surface area (Å²) in [6.45, 7) is 2.90. The van der Waals surface area contributed by atoms with Gasteiger partial charge in [-0.3, -0.25) is 0 Å². The number of nitrogens with zero attached hydrogens (tertiary/aromatic N) is 7. The predicted molar refractivity (Wildman–Crippen MR) is 198 cm³/mol. The summed E-state index contributed by atoms with van der Waals surface area (Å²) in [5.74, 6) is 2.42. The van der Waals surface area contributed by atoms with Crippen molar-refractivity contribution in [1.29, 1.82) is 0 Å². The third kappa shape index (κ3) is 5.77. The Labute approximate surface area is 292 Å². The Morgan fingerprint density at radius 3 is 1.82 bits per heavy atom. The lowest BCUT2D eigenvalue weighted by atomic mass is 9.77. The van der Waals surface area contributed by atoms with Gasteiger partial charge in [0.15, 0.2) is 11.4 Å². The van der Waals surface area contributed by atoms with Crippen LogP contribution in [0.5, 0.6) is 0 Å². The Morgan fingerprint density at radius 2 is 1.20 bits per heavy atom. The number of rotatable bonds is 11. The molecule has 244 valence electrons. The number of hydrogen-bond donors (Lipinski definition) is 0. The highest BCUT2D eigenvalue weighted by Gasteiger charge is 2.41. The van der Waals surface area contributed by atoms with Gasteiger partial charge in [-0.15, -0.1) is 15.0 Å². The summed E-state index contributed by atoms with van der Waals surface area (Å²) in [4.78, 5) is 11.4. The van der Waals surface area contributed by atoms with E-state index in [1.54, 1.807) is 4.80 Å². The number of benzene rings is 5. The second-order valence-electron chi connectivity index (χ2n) is 12.5. The van der Waals surface area contributed by atoms with Gasteiger partial charge in [-0.05, 0) is 57.1 Å². The van der Waals surface area contributed by atoms with E-state index in [1.807, 2.05) is 36.4 Å². The molecule has 0 saturated heterocycles. The number of imidazole rings is 1. The molecule has 7 heteroatoms. The number of tetrazole rings is 1. The lowest BCUT2D eigenvalue weighted by Gasteiger charge is -2.34. The molecule has 2 aliphatic rings. The summed E-state index contributed by atoms with van der Waals surface area (Å²) in [6, 6.07) is 52.3. The molecule has 1 aromatic heterocycles. The van der Waals surface area contributed by atoms with Crippen LogP contribution in [0, 0.1) is 0 Å². The number of aryl methyl sites for hydroxylation is 1. The summed E-state index contributed by atoms with van der Waals surface area (Å²) in [7, 11) is 0. The standard InChI is InChI=1S/C43H37N7/c1-2-3-25-40-44-39-24-15-30-49(42(39)45-40)31-32-26-28-33(29-27-32)37-22-13-14-23-38(37)41-46-48-50(47-41)43(34-16-7-4-8-17-34,35-18-9-5-10-19-35)36-20-11-6-12-21-36/h4-24,26-30H,2-3,25,31H2,1H3. The van der Waals surface area contributed by atoms with Crippen LogP contribution in [-0.2, 0) is 18.5 Å². The monoisotopic (exact) mass is 651 g/mol. The minimum absolute atomic E-state index is 0.563. The highest BCUT2D eigenvalue weighted by Crippen LogP contribution is 2.40. The minimum Gasteiger partial charge on any atom is -0.327 e. The maximum Gasteiger partial charge on any atom is 0.205 e. The van der Waals surface area contributed by atoms with Crippen molar-refractivity contribution < 1.29 is 0 Å². The fourth-order valence-electron chi connectivity index (χ4n) is 6.86. The topological polar surface area (TPSA) is 74.3 Å². The van der Waals surface area contributed by atoms with E-state index in [0.29, 0.717) is 12.4 Å². The van der Waals surface area contributed by atoms with Crippen molar-refractivity contribution in [1.82, 2.24) is 34.7 Å². The maximum atomic E-state index is 5.17. The van der Waals surface area contributed by atoms with Crippen LogP contribution in [0.15, 0.2) is 158 Å². The van der Waals surface area contributed by atoms with E-state index in [2.05, 4.69) is 133 Å². The van der Waals surface area contributed by atoms with Crippen LogP contribution in [0.25, 0.3) is 34.0 Å². The van der Waals surface area contributed by atoms with E-state index in [-0.39, 0.29) is 0 Å². The predicted octanol–water partition coefficient (Wildman–Crippen LogP) is 8.93. The van der Waals surface area contributed by atoms with Gasteiger partial charge in [0.1, 0.15) is 11.5 Å². The van der Waals surface area contributed by atoms with Crippen molar-refractivity contribution in [3.63, 3.8) is 0 Å². The van der Waals surface area contributed by atoms with Crippen molar-refractivity contribution in [3.05, 3.63) is 186 Å². The van der Waals surface area contributed by atoms with Gasteiger partial charge in [0.25, 0.3) is 0 Å². The number of unbranched alkanes of at least 4 members (excludes halogenated alkanes) is 1. The van der Waals surface area contributed by atoms with E-state index in [9.17, 15) is 0 Å². The van der Waals surface area contributed by atoms with Crippen molar-refractivity contribution >= 4 is 0 Å². The zero-order chi connectivity index (χ0) is 33.8. The molecule has 7 nitrogen and oxygen atoms in total. The first kappa shape index (κ1) is 31.1. The van der Waals surface area contributed by atoms with Crippen LogP contribution in [-0.4, -0.2) is 34.7 Å². The van der Waals surface area contributed by atoms with E-state index < -0.39 is 5.54 Å². The van der Waals surface area contributed by atoms with Crippen molar-refractivity contribution in [2.24, 2.45) is 0 Å². The molecule has 8 rings (SSSR count). The van der Waals surface area contributed by atoms with Gasteiger partial charge in [-0.2, -0.15) is 0 Å². The number of hydrogen-bond acceptors (Lipinski definition) is 5. The van der Waals surface area contributed by atoms with Crippen LogP contribution in [0.3, 0.4) is 0 Å². The Kier molecular flexibility index (Phi) is 8.53. The minimum atomic E-state index is -0.838. The Hall–Kier alpha value is -6.21. The van der Waals surface area contributed by atoms with Gasteiger partial charge in [0.2, 0.25) is 5.82 Å². The fourth-order valence-corrected chi connectivity index (χ4v) is 6.86. The lowest BCUT2D eigenvalue weighted by Crippen LogP contribution is -2.39. The average molecular weight is 652 g/mol. The molecule has 0 unspecified atom stereocenters. The van der Waals surface area contributed by atoms with E-state index >= 15 is 0 Å². The first-order valence-corrected chi connectivity index (χ1v) is 17.2. The Balaban J connectivity index is 1.15. The Bertz CT molecular complexity index is 2180. The molecule has 0 radical (unpaired) electrons. The van der Waals surface area contributed by atoms with Crippen LogP contribution < -0.4 is 0 Å². The smallest absolute Gasteiger partial charge is 0.205 e. The molecule has 0 aliphatic carbocycles. The van der Waals surface area contributed by atoms with E-state index in [4.69, 9.17) is 25.4 Å². The molecule has 3 heterocycles. The van der Waals surface area contributed by atoms with Gasteiger partial charge in [0, 0.05) is 24.7 Å². The third-order valence-corrected chi connectivity index (χ3v) is 9.33. The molecule has 50 heavy (non-hydrogen) atoms. The first-order valence-electron chi connectivity index (χ1n) is 17.2. The average Bonchev–Trinajstić information content (AvgIpc) is 3.85. The van der Waals surface area contributed by atoms with Crippen LogP contribution in [0.4, 0.5) is 0 Å². The van der Waals surface area contributed by atoms with Gasteiger partial charge in [-0.25, -0.2) is 9.97 Å². The third-order valence-electron chi connectivity index (χ3n) is 9.33. The van der Waals surface area contributed by atoms with Gasteiger partial charge < -0.3 is 4.57 Å². The molecule has 0 atom stereocenters. The molecule has 0 fully saturated rings. The van der Waals surface area contributed by atoms with Crippen LogP contribution >= 0.6 is 0 Å². The summed E-state index contributed by atoms with van der Waals surface area (Å²) < 4.78 is 2.18. The molecule has 0 N–H and O–H groups in total. The largest absolute Gasteiger partial charge is 0.327 e. The summed E-state index contributed by atoms with van der Waals surface area (Å²) >= 11 is 0. The van der Waals surface area contributed by atoms with E-state index in [0.717, 1.165) is 70.0 Å². The molecule has 0 spiro atoms. The van der Waals surface area contributed by atoms with Gasteiger partial charge >= 0.3 is 0 Å². The highest BCUT2D eigenvalue weighted by atomic mass is 15.6. The van der Waals surface area contributed by atoms with Gasteiger partial charge in [-0.1, -0.05) is 153 Å². The second-order valence-corrected chi connectivity index (χ2v) is 12.5. The molecular formula is C43H37N7. The first-order chi connectivity index (χ1) is 24.7. The second kappa shape index (κ2) is 13.7. The molecule has 6 aromatic rings. The summed E-state index contributed by atoms with van der Waals surface area (Å²) in [5, 5.41) is 14.7. The van der Waals surface area contributed by atoms with Crippen molar-refractivity contribution in [2.45, 2.75) is 38.3 Å². The maximum absolute atomic E-state index is 5.17. The molecule has 0 bridgehead atoms. The Morgan fingerprint density at radius 1 is 0.600 bits per heavy atom. The number of aromatic nitrogens is 7. The van der Waals surface area contributed by atoms with Gasteiger partial charge in [0.05, 0.1) is 0 Å². The highest BCUT2D eigenvalue weighted by molar-refractivity contribution is 5.80. The van der Waals surface area contributed by atoms with Crippen LogP contribution in [0.2, 0.25) is 0 Å². The summed E-state index contributed by atoms with van der Waals surface area (Å²) in [5.41, 5.74) is 7.47. The summed E-state index contributed by atoms with van der Waals surface area (Å²) in [6.07, 6.45) is 5.22. The van der Waals surface area contributed by atoms with E-state index in [1.165, 1.54) is 5.56 Å². The molecule has 5 aromatic carbocycles. The zero-order valence-electron chi connectivity index (χ0n) is 28.0. The quantitative estimate of drug-likeness (QED) is 0.131. The lowest BCUT2D eigenvalue weighted by molar-refractivity contribution is 0.396. The SMILES string of the molecule is CCCCc1nc2cccn(Cc3ccc(-c4ccccc4-c4nnn(C(c5ccccc5)(c5ccccc5)c5ccccc5)n4)cc3)c-2n1. The zero-order valence-corrected chi connectivity index (χ0v) is 28.0. The van der Waals surface area contributed by atoms with Crippen molar-refractivity contribution in [2.75, 3.05) is 0 Å². The molecule has 0 saturated carbocycles. The van der Waals surface area contributed by atoms with Crippen molar-refractivity contribution in [3.8, 4) is 34.0 Å². The fraction of sp³-hybridized carbons (Fsp3) is 0.140. The van der Waals surface area contributed by atoms with Crippen LogP contribution in [0.1, 0.15) is 47.8 Å². The number of fused-ring (bicyclic) bond motifs is 1.